The van der Waals surface area contributed by atoms with Crippen molar-refractivity contribution in [1.82, 2.24) is 0 Å². The van der Waals surface area contributed by atoms with Crippen molar-refractivity contribution in [2.45, 2.75) is 6.42 Å². The molecule has 0 bridgehead atoms. The van der Waals surface area contributed by atoms with E-state index in [0.717, 1.165) is 29.2 Å². The molecule has 0 aromatic heterocycles. The van der Waals surface area contributed by atoms with Crippen molar-refractivity contribution in [3.63, 3.8) is 0 Å². The zero-order valence-corrected chi connectivity index (χ0v) is 27.2. The molecule has 0 heterocycles. The number of rotatable bonds is 9. The fourth-order valence-corrected chi connectivity index (χ4v) is 6.60. The highest BCUT2D eigenvalue weighted by Crippen LogP contribution is 2.40. The van der Waals surface area contributed by atoms with E-state index in [2.05, 4.69) is 210 Å². The monoisotopic (exact) mass is 628 g/mol. The Hall–Kier alpha value is -6.38. The van der Waals surface area contributed by atoms with Gasteiger partial charge in [0.05, 0.1) is 0 Å². The van der Waals surface area contributed by atoms with Crippen molar-refractivity contribution in [2.75, 3.05) is 10.2 Å². The average molecular weight is 629 g/mol. The molecule has 0 atom stereocenters. The molecule has 1 aliphatic rings. The van der Waals surface area contributed by atoms with Gasteiger partial charge in [-0.15, -0.1) is 0 Å². The highest BCUT2D eigenvalue weighted by molar-refractivity contribution is 5.85. The molecule has 234 valence electrons. The molecule has 7 aromatic carbocycles. The van der Waals surface area contributed by atoms with Gasteiger partial charge < -0.3 is 10.2 Å². The number of hydrogen-bond donors (Lipinski definition) is 1. The molecule has 0 amide bonds. The summed E-state index contributed by atoms with van der Waals surface area (Å²) in [6, 6.07) is 66.7. The van der Waals surface area contributed by atoms with Crippen LogP contribution in [0.5, 0.6) is 0 Å². The second kappa shape index (κ2) is 13.8. The van der Waals surface area contributed by atoms with Gasteiger partial charge in [-0.2, -0.15) is 0 Å². The fraction of sp³-hybridized carbons (Fsp3) is 0.0213. The van der Waals surface area contributed by atoms with Gasteiger partial charge in [0, 0.05) is 40.4 Å². The highest BCUT2D eigenvalue weighted by Gasteiger charge is 2.21. The van der Waals surface area contributed by atoms with Crippen LogP contribution < -0.4 is 10.2 Å². The minimum absolute atomic E-state index is 0.823. The molecule has 0 fully saturated rings. The number of anilines is 4. The maximum Gasteiger partial charge on any atom is 0.0460 e. The van der Waals surface area contributed by atoms with Crippen molar-refractivity contribution < 1.29 is 0 Å². The Morgan fingerprint density at radius 3 is 1.37 bits per heavy atom. The van der Waals surface area contributed by atoms with Crippen LogP contribution >= 0.6 is 0 Å². The van der Waals surface area contributed by atoms with Gasteiger partial charge in [0.2, 0.25) is 0 Å². The second-order valence-corrected chi connectivity index (χ2v) is 12.3. The van der Waals surface area contributed by atoms with Crippen LogP contribution in [0, 0.1) is 0 Å². The van der Waals surface area contributed by atoms with Gasteiger partial charge in [-0.05, 0) is 87.5 Å². The Morgan fingerprint density at radius 2 is 0.796 bits per heavy atom. The van der Waals surface area contributed by atoms with E-state index < -0.39 is 0 Å². The molecule has 0 spiro atoms. The Morgan fingerprint density at radius 1 is 0.367 bits per heavy atom. The van der Waals surface area contributed by atoms with Gasteiger partial charge in [-0.3, -0.25) is 0 Å². The smallest absolute Gasteiger partial charge is 0.0460 e. The third-order valence-electron chi connectivity index (χ3n) is 9.14. The van der Waals surface area contributed by atoms with Crippen LogP contribution in [0.4, 0.5) is 22.7 Å². The molecule has 1 N–H and O–H groups in total. The van der Waals surface area contributed by atoms with Crippen molar-refractivity contribution in [3.8, 4) is 33.4 Å². The summed E-state index contributed by atoms with van der Waals surface area (Å²) >= 11 is 0. The lowest BCUT2D eigenvalue weighted by atomic mass is 9.99. The second-order valence-electron chi connectivity index (χ2n) is 12.3. The largest absolute Gasteiger partial charge is 0.355 e. The molecular formula is C47H36N2. The minimum Gasteiger partial charge on any atom is -0.355 e. The minimum atomic E-state index is 0.823. The lowest BCUT2D eigenvalue weighted by molar-refractivity contribution is 1.11. The third-order valence-corrected chi connectivity index (χ3v) is 9.14. The SMILES string of the molecule is C1=C(c2ccccc2Nc2ccc(-c3ccccc3)cc2)CC(N(c2ccccc2)c2ccc(-c3ccc(-c4ccccc4)cc3)cc2)=C1. The van der Waals surface area contributed by atoms with Gasteiger partial charge in [-0.1, -0.05) is 152 Å². The standard InChI is InChI=1S/C47H36N2/c1-4-12-35(13-5-1)37-20-22-38(23-21-37)40-26-31-44(32-27-40)49(43-16-8-3-9-17-43)45-33-28-41(34-45)46-18-10-11-19-47(46)48-42-29-24-39(25-30-42)36-14-6-2-7-15-36/h1-33,48H,34H2. The summed E-state index contributed by atoms with van der Waals surface area (Å²) in [5, 5.41) is 3.69. The molecule has 0 aliphatic heterocycles. The lowest BCUT2D eigenvalue weighted by Gasteiger charge is -2.27. The molecule has 0 radical (unpaired) electrons. The number of nitrogens with zero attached hydrogens (tertiary/aromatic N) is 1. The van der Waals surface area contributed by atoms with Crippen molar-refractivity contribution in [1.29, 1.82) is 0 Å². The molecule has 2 nitrogen and oxygen atoms in total. The molecule has 49 heavy (non-hydrogen) atoms. The van der Waals surface area contributed by atoms with Crippen molar-refractivity contribution in [2.24, 2.45) is 0 Å². The molecular weight excluding hydrogens is 593 g/mol. The van der Waals surface area contributed by atoms with Gasteiger partial charge in [0.1, 0.15) is 0 Å². The van der Waals surface area contributed by atoms with E-state index in [1.165, 1.54) is 50.2 Å². The molecule has 8 rings (SSSR count). The molecule has 0 unspecified atom stereocenters. The van der Waals surface area contributed by atoms with E-state index in [1.807, 2.05) is 0 Å². The molecule has 2 heteroatoms. The number of benzene rings is 7. The number of para-hydroxylation sites is 2. The number of nitrogens with one attached hydrogen (secondary N) is 1. The number of hydrogen-bond acceptors (Lipinski definition) is 2. The summed E-state index contributed by atoms with van der Waals surface area (Å²) in [7, 11) is 0. The van der Waals surface area contributed by atoms with Gasteiger partial charge >= 0.3 is 0 Å². The third kappa shape index (κ3) is 6.58. The number of allylic oxidation sites excluding steroid dienone is 3. The summed E-state index contributed by atoms with van der Waals surface area (Å²) in [6.07, 6.45) is 5.36. The van der Waals surface area contributed by atoms with E-state index >= 15 is 0 Å². The normalized spacial score (nSPS) is 12.2. The molecule has 0 saturated carbocycles. The van der Waals surface area contributed by atoms with Crippen LogP contribution in [0.2, 0.25) is 0 Å². The van der Waals surface area contributed by atoms with Crippen LogP contribution in [-0.4, -0.2) is 0 Å². The first-order valence-corrected chi connectivity index (χ1v) is 16.8. The zero-order chi connectivity index (χ0) is 32.8. The van der Waals surface area contributed by atoms with E-state index in [4.69, 9.17) is 0 Å². The van der Waals surface area contributed by atoms with Crippen LogP contribution in [0.3, 0.4) is 0 Å². The topological polar surface area (TPSA) is 15.3 Å². The Kier molecular flexibility index (Phi) is 8.43. The summed E-state index contributed by atoms with van der Waals surface area (Å²) in [6.45, 7) is 0. The van der Waals surface area contributed by atoms with Crippen LogP contribution in [0.25, 0.3) is 39.0 Å². The summed E-state index contributed by atoms with van der Waals surface area (Å²) < 4.78 is 0. The predicted molar refractivity (Wildman–Crippen MR) is 208 cm³/mol. The molecule has 1 aliphatic carbocycles. The summed E-state index contributed by atoms with van der Waals surface area (Å²) in [5.74, 6) is 0. The highest BCUT2D eigenvalue weighted by atomic mass is 15.1. The zero-order valence-electron chi connectivity index (χ0n) is 27.2. The maximum atomic E-state index is 3.69. The van der Waals surface area contributed by atoms with E-state index in [0.29, 0.717) is 0 Å². The molecule has 7 aromatic rings. The maximum absolute atomic E-state index is 3.69. The van der Waals surface area contributed by atoms with E-state index in [-0.39, 0.29) is 0 Å². The predicted octanol–water partition coefficient (Wildman–Crippen LogP) is 12.9. The van der Waals surface area contributed by atoms with Crippen molar-refractivity contribution in [3.05, 3.63) is 211 Å². The fourth-order valence-electron chi connectivity index (χ4n) is 6.60. The van der Waals surface area contributed by atoms with Crippen molar-refractivity contribution >= 4 is 28.3 Å². The first-order valence-electron chi connectivity index (χ1n) is 16.8. The first-order chi connectivity index (χ1) is 24.3. The lowest BCUT2D eigenvalue weighted by Crippen LogP contribution is -2.15. The Labute approximate surface area is 289 Å². The van der Waals surface area contributed by atoms with E-state index in [9.17, 15) is 0 Å². The van der Waals surface area contributed by atoms with Crippen LogP contribution in [0.15, 0.2) is 206 Å². The van der Waals surface area contributed by atoms with Gasteiger partial charge in [0.15, 0.2) is 0 Å². The molecule has 0 saturated heterocycles. The summed E-state index contributed by atoms with van der Waals surface area (Å²) in [5.41, 5.74) is 15.5. The van der Waals surface area contributed by atoms with Crippen LogP contribution in [0.1, 0.15) is 12.0 Å². The van der Waals surface area contributed by atoms with Crippen LogP contribution in [-0.2, 0) is 0 Å². The van der Waals surface area contributed by atoms with Gasteiger partial charge in [0.25, 0.3) is 0 Å². The quantitative estimate of drug-likeness (QED) is 0.171. The first kappa shape index (κ1) is 30.0. The Bertz CT molecular complexity index is 2220. The van der Waals surface area contributed by atoms with E-state index in [1.54, 1.807) is 0 Å². The van der Waals surface area contributed by atoms with Gasteiger partial charge in [-0.25, -0.2) is 0 Å². The average Bonchev–Trinajstić information content (AvgIpc) is 3.66. The summed E-state index contributed by atoms with van der Waals surface area (Å²) in [4.78, 5) is 2.38. The Balaban J connectivity index is 1.02.